The van der Waals surface area contributed by atoms with E-state index in [-0.39, 0.29) is 0 Å². The maximum absolute atomic E-state index is 3.46. The summed E-state index contributed by atoms with van der Waals surface area (Å²) in [7, 11) is 2.06. The van der Waals surface area contributed by atoms with Crippen LogP contribution in [0.15, 0.2) is 30.3 Å². The number of hydrogen-bond acceptors (Lipinski definition) is 2. The van der Waals surface area contributed by atoms with Crippen molar-refractivity contribution in [1.29, 1.82) is 0 Å². The van der Waals surface area contributed by atoms with Crippen LogP contribution in [0.4, 0.5) is 0 Å². The van der Waals surface area contributed by atoms with Crippen molar-refractivity contribution >= 4 is 0 Å². The molecule has 1 aromatic carbocycles. The van der Waals surface area contributed by atoms with Gasteiger partial charge in [-0.2, -0.15) is 0 Å². The molecule has 0 aromatic heterocycles. The lowest BCUT2D eigenvalue weighted by atomic mass is 10.0. The normalized spacial score (nSPS) is 14.6. The fraction of sp³-hybridized carbons (Fsp3) is 0.647. The Morgan fingerprint density at radius 1 is 1.16 bits per heavy atom. The summed E-state index contributed by atoms with van der Waals surface area (Å²) in [6, 6.07) is 11.8. The van der Waals surface area contributed by atoms with E-state index < -0.39 is 0 Å². The molecule has 19 heavy (non-hydrogen) atoms. The standard InChI is InChI=1S/C17H30N2/c1-5-7-13-19(15(3)6-2)14-17(18-4)16-11-9-8-10-12-16/h8-12,15,17-18H,5-7,13-14H2,1-4H3. The highest BCUT2D eigenvalue weighted by atomic mass is 15.2. The van der Waals surface area contributed by atoms with E-state index in [0.717, 1.165) is 6.54 Å². The zero-order valence-corrected chi connectivity index (χ0v) is 13.0. The van der Waals surface area contributed by atoms with Gasteiger partial charge in [-0.1, -0.05) is 50.6 Å². The van der Waals surface area contributed by atoms with Crippen LogP contribution >= 0.6 is 0 Å². The molecule has 0 bridgehead atoms. The molecule has 0 spiro atoms. The van der Waals surface area contributed by atoms with Crippen molar-refractivity contribution in [2.45, 2.75) is 52.1 Å². The van der Waals surface area contributed by atoms with Gasteiger partial charge in [0.2, 0.25) is 0 Å². The Bertz CT molecular complexity index is 323. The van der Waals surface area contributed by atoms with Crippen LogP contribution in [0.3, 0.4) is 0 Å². The zero-order valence-electron chi connectivity index (χ0n) is 13.0. The monoisotopic (exact) mass is 262 g/mol. The van der Waals surface area contributed by atoms with Gasteiger partial charge in [-0.3, -0.25) is 4.90 Å². The number of hydrogen-bond donors (Lipinski definition) is 1. The van der Waals surface area contributed by atoms with E-state index >= 15 is 0 Å². The molecule has 0 fully saturated rings. The van der Waals surface area contributed by atoms with E-state index in [1.165, 1.54) is 31.4 Å². The van der Waals surface area contributed by atoms with Crippen LogP contribution in [0.2, 0.25) is 0 Å². The molecule has 2 atom stereocenters. The third kappa shape index (κ3) is 5.33. The van der Waals surface area contributed by atoms with Crippen molar-refractivity contribution < 1.29 is 0 Å². The van der Waals surface area contributed by atoms with Crippen molar-refractivity contribution in [2.24, 2.45) is 0 Å². The highest BCUT2D eigenvalue weighted by molar-refractivity contribution is 5.19. The van der Waals surface area contributed by atoms with Gasteiger partial charge < -0.3 is 5.32 Å². The summed E-state index contributed by atoms with van der Waals surface area (Å²) in [6.07, 6.45) is 3.77. The van der Waals surface area contributed by atoms with Crippen molar-refractivity contribution in [2.75, 3.05) is 20.1 Å². The second kappa shape index (κ2) is 9.11. The average Bonchev–Trinajstić information content (AvgIpc) is 2.47. The van der Waals surface area contributed by atoms with Crippen LogP contribution in [0.1, 0.15) is 51.6 Å². The summed E-state index contributed by atoms with van der Waals surface area (Å²) in [5.41, 5.74) is 1.38. The highest BCUT2D eigenvalue weighted by Crippen LogP contribution is 2.16. The highest BCUT2D eigenvalue weighted by Gasteiger charge is 2.17. The average molecular weight is 262 g/mol. The molecule has 0 heterocycles. The summed E-state index contributed by atoms with van der Waals surface area (Å²) >= 11 is 0. The predicted octanol–water partition coefficient (Wildman–Crippen LogP) is 3.85. The SMILES string of the molecule is CCCCN(CC(NC)c1ccccc1)C(C)CC. The lowest BCUT2D eigenvalue weighted by molar-refractivity contribution is 0.182. The number of nitrogens with zero attached hydrogens (tertiary/aromatic N) is 1. The third-order valence-electron chi connectivity index (χ3n) is 3.98. The van der Waals surface area contributed by atoms with E-state index in [9.17, 15) is 0 Å². The number of nitrogens with one attached hydrogen (secondary N) is 1. The van der Waals surface area contributed by atoms with E-state index in [1.54, 1.807) is 0 Å². The smallest absolute Gasteiger partial charge is 0.0446 e. The van der Waals surface area contributed by atoms with Crippen molar-refractivity contribution in [3.8, 4) is 0 Å². The van der Waals surface area contributed by atoms with E-state index in [2.05, 4.69) is 68.4 Å². The van der Waals surface area contributed by atoms with Crippen molar-refractivity contribution in [3.05, 3.63) is 35.9 Å². The first kappa shape index (κ1) is 16.2. The van der Waals surface area contributed by atoms with E-state index in [1.807, 2.05) is 0 Å². The summed E-state index contributed by atoms with van der Waals surface area (Å²) in [5, 5.41) is 3.46. The van der Waals surface area contributed by atoms with Crippen LogP contribution in [-0.2, 0) is 0 Å². The molecule has 0 radical (unpaired) electrons. The Balaban J connectivity index is 2.69. The molecule has 0 aliphatic carbocycles. The minimum Gasteiger partial charge on any atom is -0.312 e. The lowest BCUT2D eigenvalue weighted by Gasteiger charge is -2.32. The molecular weight excluding hydrogens is 232 g/mol. The number of benzene rings is 1. The fourth-order valence-corrected chi connectivity index (χ4v) is 2.39. The lowest BCUT2D eigenvalue weighted by Crippen LogP contribution is -2.39. The summed E-state index contributed by atoms with van der Waals surface area (Å²) in [4.78, 5) is 2.62. The van der Waals surface area contributed by atoms with Gasteiger partial charge >= 0.3 is 0 Å². The maximum Gasteiger partial charge on any atom is 0.0446 e. The molecule has 1 aromatic rings. The Labute approximate surface area is 119 Å². The molecule has 0 saturated carbocycles. The molecule has 2 unspecified atom stereocenters. The Morgan fingerprint density at radius 2 is 1.84 bits per heavy atom. The maximum atomic E-state index is 3.46. The van der Waals surface area contributed by atoms with E-state index in [0.29, 0.717) is 12.1 Å². The van der Waals surface area contributed by atoms with Gasteiger partial charge in [-0.05, 0) is 38.9 Å². The number of rotatable bonds is 9. The second-order valence-electron chi connectivity index (χ2n) is 5.36. The first-order chi connectivity index (χ1) is 9.22. The van der Waals surface area contributed by atoms with Gasteiger partial charge in [0.15, 0.2) is 0 Å². The van der Waals surface area contributed by atoms with Crippen molar-refractivity contribution in [3.63, 3.8) is 0 Å². The minimum absolute atomic E-state index is 0.423. The molecule has 0 aliphatic heterocycles. The van der Waals surface area contributed by atoms with Gasteiger partial charge in [0, 0.05) is 18.6 Å². The molecule has 2 nitrogen and oxygen atoms in total. The molecule has 2 heteroatoms. The quantitative estimate of drug-likeness (QED) is 0.727. The Kier molecular flexibility index (Phi) is 7.76. The van der Waals surface area contributed by atoms with Crippen LogP contribution in [0.25, 0.3) is 0 Å². The van der Waals surface area contributed by atoms with Crippen LogP contribution < -0.4 is 5.32 Å². The fourth-order valence-electron chi connectivity index (χ4n) is 2.39. The summed E-state index contributed by atoms with van der Waals surface area (Å²) < 4.78 is 0. The van der Waals surface area contributed by atoms with Crippen LogP contribution in [0.5, 0.6) is 0 Å². The zero-order chi connectivity index (χ0) is 14.1. The predicted molar refractivity (Wildman–Crippen MR) is 84.5 cm³/mol. The minimum atomic E-state index is 0.423. The molecule has 1 N–H and O–H groups in total. The molecular formula is C17H30N2. The summed E-state index contributed by atoms with van der Waals surface area (Å²) in [6.45, 7) is 9.18. The van der Waals surface area contributed by atoms with Gasteiger partial charge in [0.25, 0.3) is 0 Å². The van der Waals surface area contributed by atoms with Gasteiger partial charge in [-0.15, -0.1) is 0 Å². The molecule has 108 valence electrons. The van der Waals surface area contributed by atoms with Crippen LogP contribution in [-0.4, -0.2) is 31.1 Å². The number of likely N-dealkylation sites (N-methyl/N-ethyl adjacent to an activating group) is 1. The first-order valence-corrected chi connectivity index (χ1v) is 7.69. The van der Waals surface area contributed by atoms with Gasteiger partial charge in [-0.25, -0.2) is 0 Å². The third-order valence-corrected chi connectivity index (χ3v) is 3.98. The van der Waals surface area contributed by atoms with E-state index in [4.69, 9.17) is 0 Å². The second-order valence-corrected chi connectivity index (χ2v) is 5.36. The summed E-state index contributed by atoms with van der Waals surface area (Å²) in [5.74, 6) is 0. The molecule has 0 aliphatic rings. The largest absolute Gasteiger partial charge is 0.312 e. The van der Waals surface area contributed by atoms with Crippen LogP contribution in [0, 0.1) is 0 Å². The number of unbranched alkanes of at least 4 members (excludes halogenated alkanes) is 1. The topological polar surface area (TPSA) is 15.3 Å². The molecule has 0 amide bonds. The molecule has 1 rings (SSSR count). The Morgan fingerprint density at radius 3 is 2.37 bits per heavy atom. The first-order valence-electron chi connectivity index (χ1n) is 7.69. The van der Waals surface area contributed by atoms with Crippen molar-refractivity contribution in [1.82, 2.24) is 10.2 Å². The Hall–Kier alpha value is -0.860. The van der Waals surface area contributed by atoms with Gasteiger partial charge in [0.1, 0.15) is 0 Å². The molecule has 0 saturated heterocycles. The van der Waals surface area contributed by atoms with Gasteiger partial charge in [0.05, 0.1) is 0 Å².